The molecular weight excluding hydrogens is 270 g/mol. The molecular formula is C16H15NO4. The average Bonchev–Trinajstić information content (AvgIpc) is 3.16. The van der Waals surface area contributed by atoms with Crippen LogP contribution in [-0.4, -0.2) is 17.6 Å². The number of rotatable bonds is 5. The molecule has 0 fully saturated rings. The van der Waals surface area contributed by atoms with Crippen LogP contribution in [0.1, 0.15) is 28.6 Å². The minimum atomic E-state index is -0.653. The molecule has 0 unspecified atom stereocenters. The molecule has 5 heteroatoms. The van der Waals surface area contributed by atoms with Crippen LogP contribution in [-0.2, 0) is 0 Å². The summed E-state index contributed by atoms with van der Waals surface area (Å²) in [6, 6.07) is 10.9. The van der Waals surface area contributed by atoms with Gasteiger partial charge in [-0.15, -0.1) is 0 Å². The molecule has 2 aromatic heterocycles. The second-order valence-corrected chi connectivity index (χ2v) is 4.77. The molecule has 108 valence electrons. The summed E-state index contributed by atoms with van der Waals surface area (Å²) in [6.45, 7) is 0.349. The Labute approximate surface area is 121 Å². The summed E-state index contributed by atoms with van der Waals surface area (Å²) in [4.78, 5) is 12.0. The molecule has 1 aromatic carbocycles. The van der Waals surface area contributed by atoms with Gasteiger partial charge in [0.05, 0.1) is 18.6 Å². The summed E-state index contributed by atoms with van der Waals surface area (Å²) < 4.78 is 10.4. The number of carbonyl (C=O) groups excluding carboxylic acids is 1. The highest BCUT2D eigenvalue weighted by Gasteiger charge is 2.13. The first kappa shape index (κ1) is 13.5. The summed E-state index contributed by atoms with van der Waals surface area (Å²) in [5.41, 5.74) is 1.38. The number of nitrogens with one attached hydrogen (secondary N) is 1. The zero-order valence-corrected chi connectivity index (χ0v) is 11.3. The van der Waals surface area contributed by atoms with E-state index in [4.69, 9.17) is 8.83 Å². The Balaban J connectivity index is 1.56. The summed E-state index contributed by atoms with van der Waals surface area (Å²) in [6.07, 6.45) is 2.75. The van der Waals surface area contributed by atoms with Crippen molar-refractivity contribution in [2.24, 2.45) is 0 Å². The average molecular weight is 285 g/mol. The largest absolute Gasteiger partial charge is 0.472 e. The zero-order chi connectivity index (χ0) is 14.7. The highest BCUT2D eigenvalue weighted by Crippen LogP contribution is 2.19. The van der Waals surface area contributed by atoms with E-state index in [0.717, 1.165) is 5.39 Å². The number of fused-ring (bicyclic) bond motifs is 1. The lowest BCUT2D eigenvalue weighted by Gasteiger charge is -2.08. The smallest absolute Gasteiger partial charge is 0.287 e. The minimum Gasteiger partial charge on any atom is -0.472 e. The Morgan fingerprint density at radius 1 is 1.29 bits per heavy atom. The number of hydrogen-bond donors (Lipinski definition) is 2. The van der Waals surface area contributed by atoms with E-state index in [9.17, 15) is 9.90 Å². The molecule has 2 N–H and O–H groups in total. The molecule has 3 rings (SSSR count). The maximum Gasteiger partial charge on any atom is 0.287 e. The van der Waals surface area contributed by atoms with Crippen LogP contribution in [0.3, 0.4) is 0 Å². The highest BCUT2D eigenvalue weighted by molar-refractivity contribution is 5.95. The van der Waals surface area contributed by atoms with Crippen LogP contribution >= 0.6 is 0 Å². The van der Waals surface area contributed by atoms with Crippen LogP contribution in [0.5, 0.6) is 0 Å². The zero-order valence-electron chi connectivity index (χ0n) is 11.3. The fraction of sp³-hybridized carbons (Fsp3) is 0.188. The third-order valence-corrected chi connectivity index (χ3v) is 3.28. The predicted molar refractivity (Wildman–Crippen MR) is 76.8 cm³/mol. The number of furan rings is 2. The monoisotopic (exact) mass is 285 g/mol. The second-order valence-electron chi connectivity index (χ2n) is 4.77. The maximum absolute atomic E-state index is 12.0. The van der Waals surface area contributed by atoms with E-state index in [-0.39, 0.29) is 11.7 Å². The van der Waals surface area contributed by atoms with Crippen molar-refractivity contribution in [1.82, 2.24) is 5.32 Å². The van der Waals surface area contributed by atoms with E-state index in [1.54, 1.807) is 12.1 Å². The Hall–Kier alpha value is -2.53. The van der Waals surface area contributed by atoms with Crippen molar-refractivity contribution in [3.63, 3.8) is 0 Å². The van der Waals surface area contributed by atoms with Crippen LogP contribution in [0.25, 0.3) is 11.0 Å². The minimum absolute atomic E-state index is 0.272. The highest BCUT2D eigenvalue weighted by atomic mass is 16.3. The molecule has 1 amide bonds. The van der Waals surface area contributed by atoms with Crippen molar-refractivity contribution in [3.8, 4) is 0 Å². The van der Waals surface area contributed by atoms with Gasteiger partial charge in [0.25, 0.3) is 5.91 Å². The van der Waals surface area contributed by atoms with Crippen LogP contribution in [0.4, 0.5) is 0 Å². The molecule has 0 saturated carbocycles. The Morgan fingerprint density at radius 2 is 2.14 bits per heavy atom. The van der Waals surface area contributed by atoms with Crippen molar-refractivity contribution in [3.05, 3.63) is 60.2 Å². The van der Waals surface area contributed by atoms with Crippen molar-refractivity contribution >= 4 is 16.9 Å². The van der Waals surface area contributed by atoms with E-state index >= 15 is 0 Å². The van der Waals surface area contributed by atoms with Gasteiger partial charge in [-0.05, 0) is 24.6 Å². The third-order valence-electron chi connectivity index (χ3n) is 3.28. The topological polar surface area (TPSA) is 75.6 Å². The van der Waals surface area contributed by atoms with E-state index in [1.807, 2.05) is 24.3 Å². The fourth-order valence-electron chi connectivity index (χ4n) is 2.13. The normalized spacial score (nSPS) is 12.4. The molecule has 0 aliphatic carbocycles. The summed E-state index contributed by atoms with van der Waals surface area (Å²) >= 11 is 0. The van der Waals surface area contributed by atoms with Gasteiger partial charge in [-0.3, -0.25) is 4.79 Å². The van der Waals surface area contributed by atoms with Gasteiger partial charge in [0.15, 0.2) is 5.76 Å². The molecule has 0 bridgehead atoms. The SMILES string of the molecule is O=C(NCC[C@H](O)c1ccoc1)c1cc2ccccc2o1. The molecule has 2 heterocycles. The van der Waals surface area contributed by atoms with Crippen LogP contribution in [0, 0.1) is 0 Å². The quantitative estimate of drug-likeness (QED) is 0.755. The Morgan fingerprint density at radius 3 is 2.90 bits per heavy atom. The van der Waals surface area contributed by atoms with Gasteiger partial charge in [-0.25, -0.2) is 0 Å². The lowest BCUT2D eigenvalue weighted by atomic mass is 10.1. The van der Waals surface area contributed by atoms with E-state index in [1.165, 1.54) is 12.5 Å². The van der Waals surface area contributed by atoms with E-state index in [2.05, 4.69) is 5.32 Å². The summed E-state index contributed by atoms with van der Waals surface area (Å²) in [5.74, 6) is -0.0143. The van der Waals surface area contributed by atoms with Crippen LogP contribution in [0.2, 0.25) is 0 Å². The molecule has 3 aromatic rings. The Kier molecular flexibility index (Phi) is 3.75. The molecule has 21 heavy (non-hydrogen) atoms. The molecule has 0 radical (unpaired) electrons. The van der Waals surface area contributed by atoms with Crippen molar-refractivity contribution in [2.75, 3.05) is 6.54 Å². The van der Waals surface area contributed by atoms with Gasteiger partial charge >= 0.3 is 0 Å². The first-order valence-electron chi connectivity index (χ1n) is 6.71. The van der Waals surface area contributed by atoms with Crippen molar-refractivity contribution in [1.29, 1.82) is 0 Å². The summed E-state index contributed by atoms with van der Waals surface area (Å²) in [7, 11) is 0. The second kappa shape index (κ2) is 5.85. The number of amides is 1. The first-order valence-corrected chi connectivity index (χ1v) is 6.71. The number of aliphatic hydroxyl groups is 1. The van der Waals surface area contributed by atoms with Gasteiger partial charge in [0.2, 0.25) is 0 Å². The lowest BCUT2D eigenvalue weighted by molar-refractivity contribution is 0.0917. The Bertz CT molecular complexity index is 697. The number of carbonyl (C=O) groups is 1. The van der Waals surface area contributed by atoms with Gasteiger partial charge in [0, 0.05) is 17.5 Å². The predicted octanol–water partition coefficient (Wildman–Crippen LogP) is 2.88. The van der Waals surface area contributed by atoms with E-state index < -0.39 is 6.10 Å². The van der Waals surface area contributed by atoms with Crippen molar-refractivity contribution in [2.45, 2.75) is 12.5 Å². The van der Waals surface area contributed by atoms with Crippen LogP contribution in [0.15, 0.2) is 57.8 Å². The third kappa shape index (κ3) is 2.98. The summed E-state index contributed by atoms with van der Waals surface area (Å²) in [5, 5.41) is 13.5. The van der Waals surface area contributed by atoms with Crippen LogP contribution < -0.4 is 5.32 Å². The fourth-order valence-corrected chi connectivity index (χ4v) is 2.13. The lowest BCUT2D eigenvalue weighted by Crippen LogP contribution is -2.25. The van der Waals surface area contributed by atoms with Gasteiger partial charge < -0.3 is 19.3 Å². The molecule has 0 aliphatic heterocycles. The molecule has 0 aliphatic rings. The van der Waals surface area contributed by atoms with Gasteiger partial charge in [0.1, 0.15) is 5.58 Å². The standard InChI is InChI=1S/C16H15NO4/c18-13(12-6-8-20-10-12)5-7-17-16(19)15-9-11-3-1-2-4-14(11)21-15/h1-4,6,8-10,13,18H,5,7H2,(H,17,19)/t13-/m0/s1. The number of para-hydroxylation sites is 1. The molecule has 5 nitrogen and oxygen atoms in total. The van der Waals surface area contributed by atoms with Gasteiger partial charge in [-0.1, -0.05) is 18.2 Å². The maximum atomic E-state index is 12.0. The number of hydrogen-bond acceptors (Lipinski definition) is 4. The molecule has 0 saturated heterocycles. The van der Waals surface area contributed by atoms with Gasteiger partial charge in [-0.2, -0.15) is 0 Å². The van der Waals surface area contributed by atoms with E-state index in [0.29, 0.717) is 24.1 Å². The van der Waals surface area contributed by atoms with Crippen molar-refractivity contribution < 1.29 is 18.7 Å². The number of benzene rings is 1. The number of aliphatic hydroxyl groups excluding tert-OH is 1. The molecule has 1 atom stereocenters. The first-order chi connectivity index (χ1) is 10.2. The molecule has 0 spiro atoms.